The highest BCUT2D eigenvalue weighted by atomic mass is 32.1. The molecule has 0 spiro atoms. The first-order valence-electron chi connectivity index (χ1n) is 7.54. The van der Waals surface area contributed by atoms with Crippen molar-refractivity contribution >= 4 is 21.4 Å². The fraction of sp³-hybridized carbons (Fsp3) is 0.211. The van der Waals surface area contributed by atoms with E-state index in [1.165, 1.54) is 11.3 Å². The van der Waals surface area contributed by atoms with Crippen molar-refractivity contribution < 1.29 is 18.9 Å². The van der Waals surface area contributed by atoms with Crippen LogP contribution in [0.1, 0.15) is 0 Å². The maximum absolute atomic E-state index is 12.7. The Balaban J connectivity index is 2.27. The maximum Gasteiger partial charge on any atom is 0.192 e. The molecule has 5 nitrogen and oxygen atoms in total. The van der Waals surface area contributed by atoms with Gasteiger partial charge >= 0.3 is 0 Å². The van der Waals surface area contributed by atoms with Crippen molar-refractivity contribution in [3.8, 4) is 33.4 Å². The van der Waals surface area contributed by atoms with Crippen LogP contribution in [0.2, 0.25) is 0 Å². The number of rotatable bonds is 5. The van der Waals surface area contributed by atoms with Crippen LogP contribution >= 0.6 is 11.3 Å². The summed E-state index contributed by atoms with van der Waals surface area (Å²) in [6.45, 7) is 0. The second-order valence-corrected chi connectivity index (χ2v) is 6.27. The molecule has 130 valence electrons. The van der Waals surface area contributed by atoms with Crippen molar-refractivity contribution in [2.75, 3.05) is 28.4 Å². The van der Waals surface area contributed by atoms with E-state index >= 15 is 0 Å². The molecule has 1 aromatic heterocycles. The molecule has 0 aliphatic rings. The Morgan fingerprint density at radius 1 is 0.720 bits per heavy atom. The van der Waals surface area contributed by atoms with Crippen LogP contribution in [0, 0.1) is 0 Å². The van der Waals surface area contributed by atoms with Crippen molar-refractivity contribution in [2.24, 2.45) is 0 Å². The molecular weight excluding hydrogens is 340 g/mol. The largest absolute Gasteiger partial charge is 0.496 e. The number of methoxy groups -OCH3 is 4. The average Bonchev–Trinajstić information content (AvgIpc) is 2.66. The van der Waals surface area contributed by atoms with E-state index in [2.05, 4.69) is 0 Å². The molecule has 0 radical (unpaired) electrons. The summed E-state index contributed by atoms with van der Waals surface area (Å²) in [6.07, 6.45) is 0. The fourth-order valence-electron chi connectivity index (χ4n) is 2.67. The van der Waals surface area contributed by atoms with Gasteiger partial charge in [0, 0.05) is 10.9 Å². The molecule has 0 atom stereocenters. The van der Waals surface area contributed by atoms with Gasteiger partial charge in [-0.25, -0.2) is 0 Å². The summed E-state index contributed by atoms with van der Waals surface area (Å²) in [5, 5.41) is 0.524. The van der Waals surface area contributed by atoms with Gasteiger partial charge in [-0.1, -0.05) is 0 Å². The summed E-state index contributed by atoms with van der Waals surface area (Å²) in [6, 6.07) is 10.7. The zero-order valence-corrected chi connectivity index (χ0v) is 15.2. The Labute approximate surface area is 149 Å². The van der Waals surface area contributed by atoms with Crippen molar-refractivity contribution in [2.45, 2.75) is 0 Å². The monoisotopic (exact) mass is 358 g/mol. The van der Waals surface area contributed by atoms with Crippen LogP contribution in [0.15, 0.2) is 41.2 Å². The SMILES string of the molecule is COc1ccc(-c2cc(=O)c3c(OC)ccc(OC)c3s2)cc1OC. The van der Waals surface area contributed by atoms with E-state index in [1.807, 2.05) is 18.2 Å². The van der Waals surface area contributed by atoms with E-state index in [9.17, 15) is 4.79 Å². The minimum absolute atomic E-state index is 0.116. The lowest BCUT2D eigenvalue weighted by molar-refractivity contribution is 0.355. The minimum Gasteiger partial charge on any atom is -0.496 e. The average molecular weight is 358 g/mol. The van der Waals surface area contributed by atoms with Gasteiger partial charge in [-0.15, -0.1) is 11.3 Å². The van der Waals surface area contributed by atoms with Gasteiger partial charge in [0.1, 0.15) is 11.5 Å². The van der Waals surface area contributed by atoms with Gasteiger partial charge in [0.2, 0.25) is 0 Å². The van der Waals surface area contributed by atoms with Crippen molar-refractivity contribution in [1.82, 2.24) is 0 Å². The number of fused-ring (bicyclic) bond motifs is 1. The van der Waals surface area contributed by atoms with Crippen LogP contribution in [0.3, 0.4) is 0 Å². The Kier molecular flexibility index (Phi) is 4.81. The molecule has 25 heavy (non-hydrogen) atoms. The molecule has 0 saturated heterocycles. The number of hydrogen-bond acceptors (Lipinski definition) is 6. The molecule has 0 aliphatic carbocycles. The maximum atomic E-state index is 12.7. The summed E-state index contributed by atoms with van der Waals surface area (Å²) < 4.78 is 22.1. The third-order valence-corrected chi connectivity index (χ3v) is 5.09. The normalized spacial score (nSPS) is 10.6. The third-order valence-electron chi connectivity index (χ3n) is 3.91. The van der Waals surface area contributed by atoms with Gasteiger partial charge in [0.15, 0.2) is 16.9 Å². The lowest BCUT2D eigenvalue weighted by Crippen LogP contribution is -2.02. The van der Waals surface area contributed by atoms with Crippen LogP contribution in [0.25, 0.3) is 20.5 Å². The van der Waals surface area contributed by atoms with Gasteiger partial charge in [-0.05, 0) is 35.9 Å². The lowest BCUT2D eigenvalue weighted by atomic mass is 10.1. The minimum atomic E-state index is -0.116. The number of benzene rings is 2. The number of ether oxygens (including phenoxy) is 4. The molecule has 6 heteroatoms. The Morgan fingerprint density at radius 3 is 1.96 bits per heavy atom. The van der Waals surface area contributed by atoms with Crippen molar-refractivity contribution in [3.63, 3.8) is 0 Å². The Hall–Kier alpha value is -2.73. The molecule has 1 heterocycles. The van der Waals surface area contributed by atoms with Crippen LogP contribution in [0.4, 0.5) is 0 Å². The summed E-state index contributed by atoms with van der Waals surface area (Å²) >= 11 is 1.47. The molecular formula is C19H18O5S. The van der Waals surface area contributed by atoms with Crippen LogP contribution < -0.4 is 24.4 Å². The highest BCUT2D eigenvalue weighted by molar-refractivity contribution is 7.22. The highest BCUT2D eigenvalue weighted by Gasteiger charge is 2.15. The number of hydrogen-bond donors (Lipinski definition) is 0. The zero-order valence-electron chi connectivity index (χ0n) is 14.4. The molecule has 0 bridgehead atoms. The van der Waals surface area contributed by atoms with Crippen molar-refractivity contribution in [3.05, 3.63) is 46.6 Å². The lowest BCUT2D eigenvalue weighted by Gasteiger charge is -2.12. The summed E-state index contributed by atoms with van der Waals surface area (Å²) in [5.41, 5.74) is 0.751. The summed E-state index contributed by atoms with van der Waals surface area (Å²) in [7, 11) is 6.30. The molecule has 0 unspecified atom stereocenters. The second-order valence-electron chi connectivity index (χ2n) is 5.22. The molecule has 2 aromatic carbocycles. The van der Waals surface area contributed by atoms with E-state index in [0.29, 0.717) is 28.4 Å². The van der Waals surface area contributed by atoms with E-state index in [0.717, 1.165) is 15.1 Å². The third kappa shape index (κ3) is 3.00. The van der Waals surface area contributed by atoms with Crippen molar-refractivity contribution in [1.29, 1.82) is 0 Å². The molecule has 0 saturated carbocycles. The first-order chi connectivity index (χ1) is 12.1. The van der Waals surface area contributed by atoms with Crippen LogP contribution in [-0.4, -0.2) is 28.4 Å². The smallest absolute Gasteiger partial charge is 0.192 e. The molecule has 0 aliphatic heterocycles. The predicted molar refractivity (Wildman–Crippen MR) is 99.7 cm³/mol. The quantitative estimate of drug-likeness (QED) is 0.691. The van der Waals surface area contributed by atoms with Gasteiger partial charge in [-0.2, -0.15) is 0 Å². The topological polar surface area (TPSA) is 54.0 Å². The second kappa shape index (κ2) is 7.03. The molecule has 0 fully saturated rings. The van der Waals surface area contributed by atoms with E-state index in [4.69, 9.17) is 18.9 Å². The van der Waals surface area contributed by atoms with E-state index in [1.54, 1.807) is 46.6 Å². The van der Waals surface area contributed by atoms with E-state index in [-0.39, 0.29) is 5.43 Å². The van der Waals surface area contributed by atoms with Gasteiger partial charge < -0.3 is 18.9 Å². The van der Waals surface area contributed by atoms with Gasteiger partial charge in [-0.3, -0.25) is 4.79 Å². The molecule has 3 aromatic rings. The standard InChI is InChI=1S/C19H18O5S/c1-21-13-6-5-11(9-16(13)24-4)17-10-12(20)18-14(22-2)7-8-15(23-3)19(18)25-17/h5-10H,1-4H3. The van der Waals surface area contributed by atoms with Crippen LogP contribution in [-0.2, 0) is 0 Å². The fourth-order valence-corrected chi connectivity index (χ4v) is 3.86. The summed E-state index contributed by atoms with van der Waals surface area (Å²) in [5.74, 6) is 2.42. The summed E-state index contributed by atoms with van der Waals surface area (Å²) in [4.78, 5) is 13.5. The predicted octanol–water partition coefficient (Wildman–Crippen LogP) is 3.96. The van der Waals surface area contributed by atoms with Crippen LogP contribution in [0.5, 0.6) is 23.0 Å². The zero-order chi connectivity index (χ0) is 18.0. The Morgan fingerprint density at radius 2 is 1.32 bits per heavy atom. The Bertz CT molecular complexity index is 977. The van der Waals surface area contributed by atoms with Gasteiger partial charge in [0.25, 0.3) is 0 Å². The molecule has 0 N–H and O–H groups in total. The molecule has 0 amide bonds. The highest BCUT2D eigenvalue weighted by Crippen LogP contribution is 2.39. The van der Waals surface area contributed by atoms with Gasteiger partial charge in [0.05, 0.1) is 38.5 Å². The van der Waals surface area contributed by atoms with E-state index < -0.39 is 0 Å². The first kappa shape index (κ1) is 17.1. The first-order valence-corrected chi connectivity index (χ1v) is 8.35. The molecule has 3 rings (SSSR count).